The van der Waals surface area contributed by atoms with Gasteiger partial charge in [0.25, 0.3) is 5.56 Å². The maximum absolute atomic E-state index is 13.0. The van der Waals surface area contributed by atoms with Crippen LogP contribution in [-0.4, -0.2) is 40.3 Å². The lowest BCUT2D eigenvalue weighted by atomic mass is 10.1. The Hall–Kier alpha value is -2.80. The summed E-state index contributed by atoms with van der Waals surface area (Å²) < 4.78 is 12.3. The molecule has 0 spiro atoms. The summed E-state index contributed by atoms with van der Waals surface area (Å²) in [5, 5.41) is 3.26. The van der Waals surface area contributed by atoms with Gasteiger partial charge in [-0.15, -0.1) is 0 Å². The molecule has 0 radical (unpaired) electrons. The minimum absolute atomic E-state index is 0.0314. The van der Waals surface area contributed by atoms with Crippen molar-refractivity contribution in [2.45, 2.75) is 38.3 Å². The molecule has 7 heteroatoms. The van der Waals surface area contributed by atoms with E-state index in [1.807, 2.05) is 24.3 Å². The Kier molecular flexibility index (Phi) is 4.12. The third-order valence-electron chi connectivity index (χ3n) is 5.73. The molecule has 1 aliphatic carbocycles. The summed E-state index contributed by atoms with van der Waals surface area (Å²) in [5.41, 5.74) is 4.78. The third-order valence-corrected chi connectivity index (χ3v) is 5.73. The number of aromatic amines is 1. The standard InChI is InChI=1S/C21H24N4O3/c1-27-18-6-3-13(9-19(18)28-2)11-24-8-7-16-15(12-24)21(26)25-20(22-16)10-17(23-25)14-4-5-14/h3,6,9-10,14,23H,4-5,7-8,11-12H2,1-2H3. The number of nitrogens with zero attached hydrogens (tertiary/aromatic N) is 3. The van der Waals surface area contributed by atoms with Crippen LogP contribution in [0.5, 0.6) is 11.5 Å². The van der Waals surface area contributed by atoms with Gasteiger partial charge >= 0.3 is 0 Å². The first-order valence-corrected chi connectivity index (χ1v) is 9.73. The fraction of sp³-hybridized carbons (Fsp3) is 0.429. The van der Waals surface area contributed by atoms with Crippen molar-refractivity contribution < 1.29 is 9.47 Å². The van der Waals surface area contributed by atoms with Crippen molar-refractivity contribution in [3.8, 4) is 11.5 Å². The molecule has 1 aromatic carbocycles. The first kappa shape index (κ1) is 17.3. The number of rotatable bonds is 5. The van der Waals surface area contributed by atoms with Gasteiger partial charge in [0.05, 0.1) is 25.5 Å². The second kappa shape index (κ2) is 6.67. The van der Waals surface area contributed by atoms with E-state index in [0.717, 1.165) is 59.2 Å². The molecule has 2 aliphatic rings. The molecule has 1 saturated carbocycles. The second-order valence-electron chi connectivity index (χ2n) is 7.67. The molecule has 7 nitrogen and oxygen atoms in total. The van der Waals surface area contributed by atoms with Crippen LogP contribution in [0.4, 0.5) is 0 Å². The smallest absolute Gasteiger partial charge is 0.277 e. The Morgan fingerprint density at radius 3 is 2.75 bits per heavy atom. The monoisotopic (exact) mass is 380 g/mol. The van der Waals surface area contributed by atoms with Gasteiger partial charge in [0.15, 0.2) is 17.1 Å². The summed E-state index contributed by atoms with van der Waals surface area (Å²) in [5.74, 6) is 2.01. The van der Waals surface area contributed by atoms with Gasteiger partial charge in [0, 0.05) is 43.7 Å². The number of nitrogens with one attached hydrogen (secondary N) is 1. The maximum atomic E-state index is 13.0. The maximum Gasteiger partial charge on any atom is 0.277 e. The molecule has 1 aliphatic heterocycles. The molecule has 3 aromatic rings. The fourth-order valence-electron chi connectivity index (χ4n) is 4.03. The molecule has 3 heterocycles. The van der Waals surface area contributed by atoms with E-state index in [1.165, 1.54) is 12.8 Å². The minimum Gasteiger partial charge on any atom is -0.493 e. The zero-order chi connectivity index (χ0) is 19.3. The van der Waals surface area contributed by atoms with Gasteiger partial charge in [-0.1, -0.05) is 6.07 Å². The predicted octanol–water partition coefficient (Wildman–Crippen LogP) is 2.48. The molecule has 0 atom stereocenters. The van der Waals surface area contributed by atoms with Crippen LogP contribution in [0, 0.1) is 0 Å². The van der Waals surface area contributed by atoms with Crippen molar-refractivity contribution in [1.82, 2.24) is 19.5 Å². The Morgan fingerprint density at radius 1 is 1.18 bits per heavy atom. The van der Waals surface area contributed by atoms with Gasteiger partial charge in [0.2, 0.25) is 0 Å². The molecule has 2 aromatic heterocycles. The second-order valence-corrected chi connectivity index (χ2v) is 7.67. The van der Waals surface area contributed by atoms with E-state index in [1.54, 1.807) is 18.7 Å². The highest BCUT2D eigenvalue weighted by Crippen LogP contribution is 2.39. The number of methoxy groups -OCH3 is 2. The predicted molar refractivity (Wildman–Crippen MR) is 105 cm³/mol. The number of H-pyrrole nitrogens is 1. The van der Waals surface area contributed by atoms with E-state index >= 15 is 0 Å². The van der Waals surface area contributed by atoms with Gasteiger partial charge in [-0.05, 0) is 30.5 Å². The van der Waals surface area contributed by atoms with Crippen LogP contribution in [0.15, 0.2) is 29.1 Å². The van der Waals surface area contributed by atoms with Gasteiger partial charge in [-0.2, -0.15) is 0 Å². The number of fused-ring (bicyclic) bond motifs is 2. The van der Waals surface area contributed by atoms with Crippen LogP contribution in [0.3, 0.4) is 0 Å². The first-order valence-electron chi connectivity index (χ1n) is 9.73. The highest BCUT2D eigenvalue weighted by molar-refractivity contribution is 5.44. The summed E-state index contributed by atoms with van der Waals surface area (Å²) in [4.78, 5) is 20.1. The van der Waals surface area contributed by atoms with Crippen LogP contribution < -0.4 is 15.0 Å². The molecule has 1 fully saturated rings. The zero-order valence-electron chi connectivity index (χ0n) is 16.2. The van der Waals surface area contributed by atoms with Crippen LogP contribution in [0.2, 0.25) is 0 Å². The van der Waals surface area contributed by atoms with Crippen molar-refractivity contribution >= 4 is 5.65 Å². The Labute approximate surface area is 162 Å². The van der Waals surface area contributed by atoms with Gasteiger partial charge in [-0.25, -0.2) is 9.50 Å². The first-order chi connectivity index (χ1) is 13.7. The Balaban J connectivity index is 1.41. The molecule has 0 amide bonds. The lowest BCUT2D eigenvalue weighted by molar-refractivity contribution is 0.241. The molecular formula is C21H24N4O3. The minimum atomic E-state index is 0.0314. The van der Waals surface area contributed by atoms with E-state index < -0.39 is 0 Å². The van der Waals surface area contributed by atoms with Crippen LogP contribution in [0.1, 0.15) is 41.3 Å². The summed E-state index contributed by atoms with van der Waals surface area (Å²) in [6, 6.07) is 7.99. The Morgan fingerprint density at radius 2 is 2.00 bits per heavy atom. The molecular weight excluding hydrogens is 356 g/mol. The molecule has 0 saturated heterocycles. The highest BCUT2D eigenvalue weighted by Gasteiger charge is 2.27. The number of hydrogen-bond donors (Lipinski definition) is 1. The van der Waals surface area contributed by atoms with Crippen molar-refractivity contribution in [1.29, 1.82) is 0 Å². The average molecular weight is 380 g/mol. The van der Waals surface area contributed by atoms with Crippen LogP contribution in [0.25, 0.3) is 5.65 Å². The Bertz CT molecular complexity index is 1100. The van der Waals surface area contributed by atoms with Crippen molar-refractivity contribution in [3.05, 3.63) is 57.1 Å². The van der Waals surface area contributed by atoms with Gasteiger partial charge in [0.1, 0.15) is 0 Å². The molecule has 28 heavy (non-hydrogen) atoms. The topological polar surface area (TPSA) is 71.9 Å². The molecule has 146 valence electrons. The SMILES string of the molecule is COc1ccc(CN2CCc3nc4cc(C5CC5)[nH]n4c(=O)c3C2)cc1OC. The summed E-state index contributed by atoms with van der Waals surface area (Å²) in [6.07, 6.45) is 3.18. The highest BCUT2D eigenvalue weighted by atomic mass is 16.5. The molecule has 0 bridgehead atoms. The fourth-order valence-corrected chi connectivity index (χ4v) is 4.03. The summed E-state index contributed by atoms with van der Waals surface area (Å²) in [6.45, 7) is 2.24. The van der Waals surface area contributed by atoms with Crippen LogP contribution >= 0.6 is 0 Å². The largest absolute Gasteiger partial charge is 0.493 e. The van der Waals surface area contributed by atoms with Gasteiger partial charge < -0.3 is 9.47 Å². The van der Waals surface area contributed by atoms with E-state index in [4.69, 9.17) is 14.5 Å². The molecule has 1 N–H and O–H groups in total. The quantitative estimate of drug-likeness (QED) is 0.736. The average Bonchev–Trinajstić information content (AvgIpc) is 3.48. The summed E-state index contributed by atoms with van der Waals surface area (Å²) >= 11 is 0. The third kappa shape index (κ3) is 2.96. The van der Waals surface area contributed by atoms with Crippen molar-refractivity contribution in [3.63, 3.8) is 0 Å². The lowest BCUT2D eigenvalue weighted by Gasteiger charge is -2.27. The number of aromatic nitrogens is 3. The normalized spacial score (nSPS) is 16.9. The van der Waals surface area contributed by atoms with E-state index in [-0.39, 0.29) is 5.56 Å². The molecule has 5 rings (SSSR count). The van der Waals surface area contributed by atoms with E-state index in [0.29, 0.717) is 12.5 Å². The van der Waals surface area contributed by atoms with Crippen LogP contribution in [-0.2, 0) is 19.5 Å². The van der Waals surface area contributed by atoms with Crippen molar-refractivity contribution in [2.24, 2.45) is 0 Å². The van der Waals surface area contributed by atoms with E-state index in [2.05, 4.69) is 10.00 Å². The van der Waals surface area contributed by atoms with E-state index in [9.17, 15) is 4.79 Å². The number of benzene rings is 1. The molecule has 0 unspecified atom stereocenters. The lowest BCUT2D eigenvalue weighted by Crippen LogP contribution is -2.36. The number of ether oxygens (including phenoxy) is 2. The van der Waals surface area contributed by atoms with Crippen molar-refractivity contribution in [2.75, 3.05) is 20.8 Å². The number of hydrogen-bond acceptors (Lipinski definition) is 5. The summed E-state index contributed by atoms with van der Waals surface area (Å²) in [7, 11) is 3.28. The van der Waals surface area contributed by atoms with Gasteiger partial charge in [-0.3, -0.25) is 14.8 Å². The zero-order valence-corrected chi connectivity index (χ0v) is 16.2.